The first kappa shape index (κ1) is 8.85. The normalized spacial score (nSPS) is 13.3. The third-order valence-electron chi connectivity index (χ3n) is 0.642. The van der Waals surface area contributed by atoms with Crippen molar-refractivity contribution in [3.63, 3.8) is 0 Å². The van der Waals surface area contributed by atoms with Crippen LogP contribution in [0.2, 0.25) is 0 Å². The Balaban J connectivity index is 3.50. The van der Waals surface area contributed by atoms with Gasteiger partial charge in [-0.2, -0.15) is 0 Å². The Morgan fingerprint density at radius 1 is 1.67 bits per heavy atom. The Kier molecular flexibility index (Phi) is 3.73. The summed E-state index contributed by atoms with van der Waals surface area (Å²) in [5.41, 5.74) is 0. The molecule has 9 heavy (non-hydrogen) atoms. The summed E-state index contributed by atoms with van der Waals surface area (Å²) in [6, 6.07) is 0. The molecule has 0 aromatic carbocycles. The van der Waals surface area contributed by atoms with Crippen LogP contribution in [-0.2, 0) is 4.74 Å². The first-order valence-corrected chi connectivity index (χ1v) is 3.09. The van der Waals surface area contributed by atoms with Crippen LogP contribution < -0.4 is 0 Å². The number of carbonyl (C=O) groups is 1. The Bertz CT molecular complexity index is 104. The zero-order valence-electron chi connectivity index (χ0n) is 4.67. The summed E-state index contributed by atoms with van der Waals surface area (Å²) in [4.78, 5) is 8.97. The fraction of sp³-hybridized carbons (Fsp3) is 0.750. The molecule has 0 saturated heterocycles. The molecule has 0 aromatic rings. The molecule has 0 rings (SSSR count). The van der Waals surface area contributed by atoms with Crippen molar-refractivity contribution in [3.8, 4) is 0 Å². The molecule has 0 aliphatic rings. The average molecular weight is 173 g/mol. The Hall–Kier alpha value is -0.150. The first-order chi connectivity index (χ1) is 4.04. The topological polar surface area (TPSA) is 46.5 Å². The second-order valence-electron chi connectivity index (χ2n) is 1.42. The molecule has 1 unspecified atom stereocenters. The van der Waals surface area contributed by atoms with E-state index in [2.05, 4.69) is 4.74 Å². The van der Waals surface area contributed by atoms with Gasteiger partial charge in [0.15, 0.2) is 0 Å². The van der Waals surface area contributed by atoms with Gasteiger partial charge in [-0.25, -0.2) is 4.79 Å². The lowest BCUT2D eigenvalue weighted by Gasteiger charge is -2.09. The van der Waals surface area contributed by atoms with Gasteiger partial charge in [0.25, 0.3) is 0 Å². The molecule has 0 amide bonds. The first-order valence-electron chi connectivity index (χ1n) is 2.21. The van der Waals surface area contributed by atoms with E-state index in [0.717, 1.165) is 0 Å². The van der Waals surface area contributed by atoms with Crippen molar-refractivity contribution >= 4 is 29.4 Å². The van der Waals surface area contributed by atoms with E-state index in [0.29, 0.717) is 0 Å². The van der Waals surface area contributed by atoms with Crippen molar-refractivity contribution in [1.29, 1.82) is 0 Å². The fourth-order valence-electron chi connectivity index (χ4n) is 0.210. The number of hydrogen-bond donors (Lipinski definition) is 1. The second-order valence-corrected chi connectivity index (χ2v) is 2.59. The summed E-state index contributed by atoms with van der Waals surface area (Å²) in [7, 11) is 0. The molecule has 0 saturated carbocycles. The molecule has 1 atom stereocenters. The van der Waals surface area contributed by atoms with E-state index in [1.54, 1.807) is 0 Å². The highest BCUT2D eigenvalue weighted by Crippen LogP contribution is 2.10. The lowest BCUT2D eigenvalue weighted by atomic mass is 10.5. The maximum absolute atomic E-state index is 9.77. The average Bonchev–Trinajstić information content (AvgIpc) is 1.63. The van der Waals surface area contributed by atoms with Gasteiger partial charge >= 0.3 is 6.16 Å². The quantitative estimate of drug-likeness (QED) is 0.512. The molecule has 0 spiro atoms. The number of hydrogen-bond acceptors (Lipinski definition) is 2. The van der Waals surface area contributed by atoms with Crippen molar-refractivity contribution in [2.24, 2.45) is 0 Å². The molecule has 0 aliphatic carbocycles. The van der Waals surface area contributed by atoms with E-state index in [4.69, 9.17) is 28.3 Å². The minimum atomic E-state index is -1.37. The lowest BCUT2D eigenvalue weighted by Crippen LogP contribution is -2.19. The van der Waals surface area contributed by atoms with Gasteiger partial charge in [-0.05, 0) is 6.92 Å². The molecule has 0 heterocycles. The van der Waals surface area contributed by atoms with Crippen LogP contribution in [0.4, 0.5) is 4.79 Å². The van der Waals surface area contributed by atoms with Crippen molar-refractivity contribution in [2.45, 2.75) is 17.9 Å². The number of carboxylic acid groups (broad SMARTS) is 1. The Morgan fingerprint density at radius 2 is 2.11 bits per heavy atom. The van der Waals surface area contributed by atoms with Crippen LogP contribution in [0, 0.1) is 0 Å². The van der Waals surface area contributed by atoms with Crippen LogP contribution in [-0.4, -0.2) is 22.2 Å². The standard InChI is InChI=1S/C4H6Cl2O3/c1-2(3(5)6)9-4(7)8/h2-3H,1H3,(H,7,8). The molecule has 0 fully saturated rings. The highest BCUT2D eigenvalue weighted by molar-refractivity contribution is 6.44. The molecule has 0 aliphatic heterocycles. The van der Waals surface area contributed by atoms with Gasteiger partial charge in [0.2, 0.25) is 0 Å². The third-order valence-corrected chi connectivity index (χ3v) is 1.35. The predicted molar refractivity (Wildman–Crippen MR) is 34.1 cm³/mol. The van der Waals surface area contributed by atoms with E-state index < -0.39 is 17.1 Å². The number of halogens is 2. The van der Waals surface area contributed by atoms with Crippen molar-refractivity contribution in [1.82, 2.24) is 0 Å². The van der Waals surface area contributed by atoms with Gasteiger partial charge in [0.05, 0.1) is 0 Å². The van der Waals surface area contributed by atoms with Gasteiger partial charge in [0.1, 0.15) is 10.9 Å². The lowest BCUT2D eigenvalue weighted by molar-refractivity contribution is 0.0639. The second kappa shape index (κ2) is 3.80. The van der Waals surface area contributed by atoms with Gasteiger partial charge < -0.3 is 9.84 Å². The summed E-state index contributed by atoms with van der Waals surface area (Å²) in [5.74, 6) is 0. The molecule has 0 bridgehead atoms. The number of alkyl halides is 2. The minimum Gasteiger partial charge on any atom is -0.450 e. The number of ether oxygens (including phenoxy) is 1. The largest absolute Gasteiger partial charge is 0.506 e. The molecule has 5 heteroatoms. The Labute approximate surface area is 62.5 Å². The van der Waals surface area contributed by atoms with Crippen molar-refractivity contribution in [3.05, 3.63) is 0 Å². The summed E-state index contributed by atoms with van der Waals surface area (Å²) in [5, 5.41) is 7.99. The van der Waals surface area contributed by atoms with E-state index in [1.807, 2.05) is 0 Å². The van der Waals surface area contributed by atoms with Gasteiger partial charge in [-0.3, -0.25) is 0 Å². The molecule has 3 nitrogen and oxygen atoms in total. The van der Waals surface area contributed by atoms with Crippen LogP contribution in [0.25, 0.3) is 0 Å². The van der Waals surface area contributed by atoms with E-state index >= 15 is 0 Å². The zero-order valence-corrected chi connectivity index (χ0v) is 6.19. The molecule has 54 valence electrons. The van der Waals surface area contributed by atoms with Crippen LogP contribution in [0.5, 0.6) is 0 Å². The molecule has 0 radical (unpaired) electrons. The van der Waals surface area contributed by atoms with Crippen molar-refractivity contribution < 1.29 is 14.6 Å². The SMILES string of the molecule is CC(OC(=O)O)C(Cl)Cl. The van der Waals surface area contributed by atoms with Gasteiger partial charge in [0, 0.05) is 0 Å². The van der Waals surface area contributed by atoms with E-state index in [-0.39, 0.29) is 0 Å². The van der Waals surface area contributed by atoms with E-state index in [9.17, 15) is 4.79 Å². The fourth-order valence-corrected chi connectivity index (χ4v) is 0.313. The van der Waals surface area contributed by atoms with Crippen molar-refractivity contribution in [2.75, 3.05) is 0 Å². The minimum absolute atomic E-state index is 0.675. The van der Waals surface area contributed by atoms with Gasteiger partial charge in [-0.1, -0.05) is 0 Å². The maximum atomic E-state index is 9.77. The summed E-state index contributed by atoms with van der Waals surface area (Å²) in [6.07, 6.45) is -2.04. The van der Waals surface area contributed by atoms with E-state index in [1.165, 1.54) is 6.92 Å². The summed E-state index contributed by atoms with van der Waals surface area (Å²) >= 11 is 10.5. The smallest absolute Gasteiger partial charge is 0.450 e. The van der Waals surface area contributed by atoms with Gasteiger partial charge in [-0.15, -0.1) is 23.2 Å². The summed E-state index contributed by atoms with van der Waals surface area (Å²) in [6.45, 7) is 1.47. The predicted octanol–water partition coefficient (Wildman–Crippen LogP) is 1.87. The highest BCUT2D eigenvalue weighted by Gasteiger charge is 2.14. The molecule has 1 N–H and O–H groups in total. The monoisotopic (exact) mass is 172 g/mol. The van der Waals surface area contributed by atoms with Crippen LogP contribution >= 0.6 is 23.2 Å². The number of rotatable bonds is 2. The highest BCUT2D eigenvalue weighted by atomic mass is 35.5. The maximum Gasteiger partial charge on any atom is 0.506 e. The molecular formula is C4H6Cl2O3. The Morgan fingerprint density at radius 3 is 2.22 bits per heavy atom. The molecule has 0 aromatic heterocycles. The van der Waals surface area contributed by atoms with Crippen LogP contribution in [0.3, 0.4) is 0 Å². The summed E-state index contributed by atoms with van der Waals surface area (Å²) < 4.78 is 4.16. The molecular weight excluding hydrogens is 167 g/mol. The zero-order chi connectivity index (χ0) is 7.44. The van der Waals surface area contributed by atoms with Crippen LogP contribution in [0.1, 0.15) is 6.92 Å². The third kappa shape index (κ3) is 4.36. The van der Waals surface area contributed by atoms with Crippen LogP contribution in [0.15, 0.2) is 0 Å².